The minimum Gasteiger partial charge on any atom is -0.496 e. The van der Waals surface area contributed by atoms with Gasteiger partial charge in [0.25, 0.3) is 0 Å². The molecular formula is C16H18ClNO2S. The summed E-state index contributed by atoms with van der Waals surface area (Å²) in [4.78, 5) is 0.704. The molecule has 0 amide bonds. The number of rotatable bonds is 5. The Morgan fingerprint density at radius 2 is 2.05 bits per heavy atom. The van der Waals surface area contributed by atoms with Gasteiger partial charge in [-0.3, -0.25) is 4.21 Å². The van der Waals surface area contributed by atoms with E-state index in [1.807, 2.05) is 31.2 Å². The Labute approximate surface area is 132 Å². The van der Waals surface area contributed by atoms with E-state index >= 15 is 0 Å². The first-order valence-corrected chi connectivity index (χ1v) is 8.27. The van der Waals surface area contributed by atoms with Crippen LogP contribution >= 0.6 is 11.6 Å². The van der Waals surface area contributed by atoms with Gasteiger partial charge in [0.2, 0.25) is 0 Å². The van der Waals surface area contributed by atoms with Gasteiger partial charge in [-0.05, 0) is 42.8 Å². The molecule has 2 atom stereocenters. The summed E-state index contributed by atoms with van der Waals surface area (Å²) in [6.45, 7) is 1.92. The quantitative estimate of drug-likeness (QED) is 0.913. The second kappa shape index (κ2) is 7.07. The van der Waals surface area contributed by atoms with Gasteiger partial charge in [-0.1, -0.05) is 23.7 Å². The van der Waals surface area contributed by atoms with Crippen LogP contribution in [0, 0.1) is 0 Å². The van der Waals surface area contributed by atoms with Crippen molar-refractivity contribution >= 4 is 22.4 Å². The molecule has 0 spiro atoms. The SMILES string of the molecule is COc1ccc(C(C)N)cc1CS(=O)c1cccc(Cl)c1. The predicted molar refractivity (Wildman–Crippen MR) is 87.2 cm³/mol. The van der Waals surface area contributed by atoms with Gasteiger partial charge in [0.1, 0.15) is 5.75 Å². The summed E-state index contributed by atoms with van der Waals surface area (Å²) in [7, 11) is 0.421. The van der Waals surface area contributed by atoms with E-state index in [0.29, 0.717) is 15.7 Å². The van der Waals surface area contributed by atoms with Crippen LogP contribution in [-0.4, -0.2) is 11.3 Å². The maximum Gasteiger partial charge on any atom is 0.123 e. The van der Waals surface area contributed by atoms with Crippen LogP contribution in [0.2, 0.25) is 5.02 Å². The summed E-state index contributed by atoms with van der Waals surface area (Å²) in [6, 6.07) is 12.8. The van der Waals surface area contributed by atoms with E-state index in [2.05, 4.69) is 0 Å². The predicted octanol–water partition coefficient (Wildman–Crippen LogP) is 3.68. The van der Waals surface area contributed by atoms with Crippen LogP contribution in [0.15, 0.2) is 47.4 Å². The Hall–Kier alpha value is -1.36. The Morgan fingerprint density at radius 1 is 1.29 bits per heavy atom. The average Bonchev–Trinajstić information content (AvgIpc) is 2.47. The van der Waals surface area contributed by atoms with Gasteiger partial charge in [0.15, 0.2) is 0 Å². The highest BCUT2D eigenvalue weighted by Crippen LogP contribution is 2.26. The summed E-state index contributed by atoms with van der Waals surface area (Å²) in [5.74, 6) is 1.08. The third-order valence-electron chi connectivity index (χ3n) is 3.18. The van der Waals surface area contributed by atoms with E-state index in [9.17, 15) is 4.21 Å². The molecule has 5 heteroatoms. The molecule has 2 aromatic carbocycles. The molecule has 0 bridgehead atoms. The van der Waals surface area contributed by atoms with E-state index in [4.69, 9.17) is 22.1 Å². The zero-order valence-corrected chi connectivity index (χ0v) is 13.6. The third kappa shape index (κ3) is 4.06. The zero-order chi connectivity index (χ0) is 15.4. The van der Waals surface area contributed by atoms with Gasteiger partial charge >= 0.3 is 0 Å². The lowest BCUT2D eigenvalue weighted by atomic mass is 10.1. The molecule has 0 aliphatic rings. The Bertz CT molecular complexity index is 658. The first kappa shape index (κ1) is 16.0. The van der Waals surface area contributed by atoms with Gasteiger partial charge in [-0.25, -0.2) is 0 Å². The van der Waals surface area contributed by atoms with Crippen molar-refractivity contribution in [1.29, 1.82) is 0 Å². The smallest absolute Gasteiger partial charge is 0.123 e. The van der Waals surface area contributed by atoms with E-state index in [1.54, 1.807) is 25.3 Å². The summed E-state index contributed by atoms with van der Waals surface area (Å²) >= 11 is 5.94. The summed E-state index contributed by atoms with van der Waals surface area (Å²) in [6.07, 6.45) is 0. The molecule has 0 radical (unpaired) electrons. The molecule has 0 heterocycles. The second-order valence-corrected chi connectivity index (χ2v) is 6.69. The summed E-state index contributed by atoms with van der Waals surface area (Å²) in [5, 5.41) is 0.581. The van der Waals surface area contributed by atoms with Crippen molar-refractivity contribution in [1.82, 2.24) is 0 Å². The number of methoxy groups -OCH3 is 1. The number of halogens is 1. The molecule has 0 aliphatic heterocycles. The van der Waals surface area contributed by atoms with E-state index in [1.165, 1.54) is 0 Å². The zero-order valence-electron chi connectivity index (χ0n) is 12.0. The van der Waals surface area contributed by atoms with Gasteiger partial charge in [-0.2, -0.15) is 0 Å². The highest BCUT2D eigenvalue weighted by molar-refractivity contribution is 7.84. The lowest BCUT2D eigenvalue weighted by molar-refractivity contribution is 0.411. The van der Waals surface area contributed by atoms with Gasteiger partial charge in [-0.15, -0.1) is 0 Å². The highest BCUT2D eigenvalue weighted by Gasteiger charge is 2.12. The van der Waals surface area contributed by atoms with Crippen LogP contribution in [0.25, 0.3) is 0 Å². The normalized spacial score (nSPS) is 13.7. The monoisotopic (exact) mass is 323 g/mol. The van der Waals surface area contributed by atoms with Crippen molar-refractivity contribution in [2.75, 3.05) is 7.11 Å². The molecule has 2 N–H and O–H groups in total. The maximum absolute atomic E-state index is 12.5. The molecule has 3 nitrogen and oxygen atoms in total. The van der Waals surface area contributed by atoms with Crippen molar-refractivity contribution in [3.05, 3.63) is 58.6 Å². The second-order valence-electron chi connectivity index (χ2n) is 4.81. The molecule has 2 rings (SSSR count). The van der Waals surface area contributed by atoms with Crippen molar-refractivity contribution in [2.24, 2.45) is 5.73 Å². The molecular weight excluding hydrogens is 306 g/mol. The molecule has 0 aliphatic carbocycles. The van der Waals surface area contributed by atoms with Crippen molar-refractivity contribution in [3.63, 3.8) is 0 Å². The van der Waals surface area contributed by atoms with Crippen LogP contribution in [0.5, 0.6) is 5.75 Å². The minimum absolute atomic E-state index is 0.0748. The van der Waals surface area contributed by atoms with E-state index in [0.717, 1.165) is 16.9 Å². The molecule has 0 saturated heterocycles. The van der Waals surface area contributed by atoms with Crippen LogP contribution in [0.3, 0.4) is 0 Å². The van der Waals surface area contributed by atoms with Crippen molar-refractivity contribution in [3.8, 4) is 5.75 Å². The fourth-order valence-corrected chi connectivity index (χ4v) is 3.45. The molecule has 0 aromatic heterocycles. The third-order valence-corrected chi connectivity index (χ3v) is 4.76. The van der Waals surface area contributed by atoms with Gasteiger partial charge in [0, 0.05) is 21.5 Å². The largest absolute Gasteiger partial charge is 0.496 e. The van der Waals surface area contributed by atoms with Crippen LogP contribution in [-0.2, 0) is 16.6 Å². The van der Waals surface area contributed by atoms with Crippen molar-refractivity contribution in [2.45, 2.75) is 23.6 Å². The average molecular weight is 324 g/mol. The van der Waals surface area contributed by atoms with Crippen LogP contribution in [0.1, 0.15) is 24.1 Å². The summed E-state index contributed by atoms with van der Waals surface area (Å²) in [5.41, 5.74) is 7.78. The topological polar surface area (TPSA) is 52.3 Å². The number of benzene rings is 2. The fourth-order valence-electron chi connectivity index (χ4n) is 2.03. The number of hydrogen-bond donors (Lipinski definition) is 1. The first-order chi connectivity index (χ1) is 10.0. The highest BCUT2D eigenvalue weighted by atomic mass is 35.5. The fraction of sp³-hybridized carbons (Fsp3) is 0.250. The molecule has 21 heavy (non-hydrogen) atoms. The van der Waals surface area contributed by atoms with Crippen molar-refractivity contribution < 1.29 is 8.95 Å². The lowest BCUT2D eigenvalue weighted by Crippen LogP contribution is -2.07. The summed E-state index contributed by atoms with van der Waals surface area (Å²) < 4.78 is 17.8. The Morgan fingerprint density at radius 3 is 2.67 bits per heavy atom. The van der Waals surface area contributed by atoms with Crippen LogP contribution < -0.4 is 10.5 Å². The molecule has 2 aromatic rings. The van der Waals surface area contributed by atoms with Crippen LogP contribution in [0.4, 0.5) is 0 Å². The Kier molecular flexibility index (Phi) is 5.39. The van der Waals surface area contributed by atoms with E-state index < -0.39 is 10.8 Å². The van der Waals surface area contributed by atoms with Gasteiger partial charge < -0.3 is 10.5 Å². The maximum atomic E-state index is 12.5. The van der Waals surface area contributed by atoms with Gasteiger partial charge in [0.05, 0.1) is 23.7 Å². The number of hydrogen-bond acceptors (Lipinski definition) is 3. The molecule has 0 fully saturated rings. The number of ether oxygens (including phenoxy) is 1. The number of nitrogens with two attached hydrogens (primary N) is 1. The molecule has 2 unspecified atom stereocenters. The lowest BCUT2D eigenvalue weighted by Gasteiger charge is -2.13. The standard InChI is InChI=1S/C16H18ClNO2S/c1-11(18)12-6-7-16(20-2)13(8-12)10-21(19)15-5-3-4-14(17)9-15/h3-9,11H,10,18H2,1-2H3. The minimum atomic E-state index is -1.18. The Balaban J connectivity index is 2.29. The first-order valence-electron chi connectivity index (χ1n) is 6.57. The van der Waals surface area contributed by atoms with E-state index in [-0.39, 0.29) is 6.04 Å². The molecule has 112 valence electrons. The molecule has 0 saturated carbocycles.